The minimum atomic E-state index is -0.165. The Morgan fingerprint density at radius 3 is 2.78 bits per heavy atom. The molecular formula is C14H22FN3. The van der Waals surface area contributed by atoms with E-state index in [0.29, 0.717) is 12.6 Å². The van der Waals surface area contributed by atoms with Gasteiger partial charge in [0.2, 0.25) is 0 Å². The van der Waals surface area contributed by atoms with Gasteiger partial charge in [0.15, 0.2) is 0 Å². The first-order chi connectivity index (χ1) is 8.60. The van der Waals surface area contributed by atoms with Gasteiger partial charge in [-0.1, -0.05) is 0 Å². The number of nitrogens with zero attached hydrogens (tertiary/aromatic N) is 2. The molecule has 0 amide bonds. The normalized spacial score (nSPS) is 21.3. The molecular weight excluding hydrogens is 229 g/mol. The van der Waals surface area contributed by atoms with Gasteiger partial charge in [-0.2, -0.15) is 0 Å². The minimum absolute atomic E-state index is 0.165. The van der Waals surface area contributed by atoms with Crippen molar-refractivity contribution in [3.63, 3.8) is 0 Å². The first-order valence-electron chi connectivity index (χ1n) is 6.55. The van der Waals surface area contributed by atoms with Crippen LogP contribution in [-0.2, 0) is 6.42 Å². The number of likely N-dealkylation sites (N-methyl/N-ethyl adjacent to an activating group) is 1. The van der Waals surface area contributed by atoms with Gasteiger partial charge in [0.1, 0.15) is 5.82 Å². The summed E-state index contributed by atoms with van der Waals surface area (Å²) in [6.07, 6.45) is 0.729. The van der Waals surface area contributed by atoms with Crippen LogP contribution < -0.4 is 10.6 Å². The van der Waals surface area contributed by atoms with Gasteiger partial charge in [0.05, 0.1) is 0 Å². The van der Waals surface area contributed by atoms with Crippen molar-refractivity contribution in [1.82, 2.24) is 4.90 Å². The molecule has 0 aliphatic carbocycles. The third-order valence-corrected chi connectivity index (χ3v) is 3.54. The van der Waals surface area contributed by atoms with Crippen LogP contribution in [0.25, 0.3) is 0 Å². The van der Waals surface area contributed by atoms with Gasteiger partial charge in [-0.25, -0.2) is 4.39 Å². The summed E-state index contributed by atoms with van der Waals surface area (Å²) >= 11 is 0. The summed E-state index contributed by atoms with van der Waals surface area (Å²) in [6.45, 7) is 5.73. The Morgan fingerprint density at radius 1 is 1.33 bits per heavy atom. The van der Waals surface area contributed by atoms with E-state index < -0.39 is 0 Å². The predicted octanol–water partition coefficient (Wildman–Crippen LogP) is 1.47. The largest absolute Gasteiger partial charge is 0.366 e. The Bertz CT molecular complexity index is 408. The Kier molecular flexibility index (Phi) is 4.19. The fraction of sp³-hybridized carbons (Fsp3) is 0.571. The number of benzene rings is 1. The van der Waals surface area contributed by atoms with Gasteiger partial charge in [-0.15, -0.1) is 0 Å². The molecule has 0 radical (unpaired) electrons. The molecule has 1 aliphatic heterocycles. The summed E-state index contributed by atoms with van der Waals surface area (Å²) in [6, 6.07) is 5.69. The molecule has 0 bridgehead atoms. The van der Waals surface area contributed by atoms with Crippen LogP contribution in [-0.4, -0.2) is 44.2 Å². The van der Waals surface area contributed by atoms with E-state index in [4.69, 9.17) is 5.73 Å². The second-order valence-corrected chi connectivity index (χ2v) is 5.16. The highest BCUT2D eigenvalue weighted by atomic mass is 19.1. The number of halogens is 1. The number of hydrogen-bond acceptors (Lipinski definition) is 3. The second-order valence-electron chi connectivity index (χ2n) is 5.16. The van der Waals surface area contributed by atoms with Crippen molar-refractivity contribution in [1.29, 1.82) is 0 Å². The third-order valence-electron chi connectivity index (χ3n) is 3.54. The lowest BCUT2D eigenvalue weighted by Gasteiger charge is -2.40. The van der Waals surface area contributed by atoms with E-state index in [1.54, 1.807) is 12.1 Å². The maximum atomic E-state index is 13.6. The third kappa shape index (κ3) is 3.00. The molecule has 1 fully saturated rings. The summed E-state index contributed by atoms with van der Waals surface area (Å²) in [4.78, 5) is 4.59. The van der Waals surface area contributed by atoms with Gasteiger partial charge in [-0.05, 0) is 50.7 Å². The van der Waals surface area contributed by atoms with Crippen LogP contribution in [0.3, 0.4) is 0 Å². The number of hydrogen-bond donors (Lipinski definition) is 1. The van der Waals surface area contributed by atoms with Crippen LogP contribution in [0.4, 0.5) is 10.1 Å². The Balaban J connectivity index is 2.21. The van der Waals surface area contributed by atoms with Crippen molar-refractivity contribution in [3.8, 4) is 0 Å². The van der Waals surface area contributed by atoms with Crippen LogP contribution in [0.2, 0.25) is 0 Å². The molecule has 0 aromatic heterocycles. The highest BCUT2D eigenvalue weighted by molar-refractivity contribution is 5.50. The van der Waals surface area contributed by atoms with Crippen LogP contribution in [0.15, 0.2) is 18.2 Å². The monoisotopic (exact) mass is 251 g/mol. The Hall–Kier alpha value is -1.13. The van der Waals surface area contributed by atoms with Gasteiger partial charge >= 0.3 is 0 Å². The minimum Gasteiger partial charge on any atom is -0.366 e. The molecule has 1 aromatic carbocycles. The zero-order valence-corrected chi connectivity index (χ0v) is 11.2. The topological polar surface area (TPSA) is 32.5 Å². The maximum Gasteiger partial charge on any atom is 0.125 e. The van der Waals surface area contributed by atoms with Crippen LogP contribution in [0.1, 0.15) is 12.5 Å². The molecule has 18 heavy (non-hydrogen) atoms. The van der Waals surface area contributed by atoms with E-state index in [1.165, 1.54) is 0 Å². The van der Waals surface area contributed by atoms with Crippen molar-refractivity contribution >= 4 is 5.69 Å². The first kappa shape index (κ1) is 13.3. The smallest absolute Gasteiger partial charge is 0.125 e. The second kappa shape index (κ2) is 5.67. The molecule has 3 nitrogen and oxygen atoms in total. The fourth-order valence-electron chi connectivity index (χ4n) is 2.63. The molecule has 1 aliphatic rings. The molecule has 1 atom stereocenters. The Labute approximate surface area is 108 Å². The molecule has 1 aromatic rings. The molecule has 0 saturated carbocycles. The first-order valence-corrected chi connectivity index (χ1v) is 6.55. The zero-order valence-electron chi connectivity index (χ0n) is 11.2. The van der Waals surface area contributed by atoms with Gasteiger partial charge in [-0.3, -0.25) is 0 Å². The van der Waals surface area contributed by atoms with E-state index in [2.05, 4.69) is 29.8 Å². The van der Waals surface area contributed by atoms with E-state index in [1.807, 2.05) is 0 Å². The van der Waals surface area contributed by atoms with Crippen molar-refractivity contribution < 1.29 is 4.39 Å². The summed E-state index contributed by atoms with van der Waals surface area (Å²) in [5.41, 5.74) is 7.51. The molecule has 2 N–H and O–H groups in total. The molecule has 0 spiro atoms. The van der Waals surface area contributed by atoms with Gasteiger partial charge in [0.25, 0.3) is 0 Å². The van der Waals surface area contributed by atoms with E-state index in [0.717, 1.165) is 37.3 Å². The number of anilines is 1. The van der Waals surface area contributed by atoms with Gasteiger partial charge < -0.3 is 15.5 Å². The molecule has 1 saturated heterocycles. The number of piperazine rings is 1. The molecule has 1 heterocycles. The van der Waals surface area contributed by atoms with E-state index in [9.17, 15) is 4.39 Å². The Morgan fingerprint density at radius 2 is 2.11 bits per heavy atom. The van der Waals surface area contributed by atoms with Crippen molar-refractivity contribution in [2.45, 2.75) is 19.4 Å². The van der Waals surface area contributed by atoms with Crippen molar-refractivity contribution in [2.24, 2.45) is 5.73 Å². The molecule has 1 unspecified atom stereocenters. The van der Waals surface area contributed by atoms with Crippen LogP contribution in [0, 0.1) is 5.82 Å². The SMILES string of the molecule is CC1CN(C)CCN1c1cc(F)cc(CCN)c1. The lowest BCUT2D eigenvalue weighted by atomic mass is 10.1. The summed E-state index contributed by atoms with van der Waals surface area (Å²) < 4.78 is 13.6. The highest BCUT2D eigenvalue weighted by Crippen LogP contribution is 2.23. The highest BCUT2D eigenvalue weighted by Gasteiger charge is 2.22. The summed E-state index contributed by atoms with van der Waals surface area (Å²) in [5.74, 6) is -0.165. The number of nitrogens with two attached hydrogens (primary N) is 1. The quantitative estimate of drug-likeness (QED) is 0.883. The summed E-state index contributed by atoms with van der Waals surface area (Å²) in [7, 11) is 2.12. The average molecular weight is 251 g/mol. The van der Waals surface area contributed by atoms with E-state index >= 15 is 0 Å². The van der Waals surface area contributed by atoms with Crippen LogP contribution in [0.5, 0.6) is 0 Å². The average Bonchev–Trinajstić information content (AvgIpc) is 2.28. The zero-order chi connectivity index (χ0) is 13.1. The molecule has 4 heteroatoms. The molecule has 2 rings (SSSR count). The standard InChI is InChI=1S/C14H22FN3/c1-11-10-17(2)5-6-18(11)14-8-12(3-4-16)7-13(15)9-14/h7-9,11H,3-6,10,16H2,1-2H3. The maximum absolute atomic E-state index is 13.6. The summed E-state index contributed by atoms with van der Waals surface area (Å²) in [5, 5.41) is 0. The predicted molar refractivity (Wildman–Crippen MR) is 73.5 cm³/mol. The van der Waals surface area contributed by atoms with Crippen molar-refractivity contribution in [2.75, 3.05) is 38.1 Å². The molecule has 100 valence electrons. The lowest BCUT2D eigenvalue weighted by Crippen LogP contribution is -2.50. The van der Waals surface area contributed by atoms with Gasteiger partial charge in [0, 0.05) is 31.4 Å². The number of rotatable bonds is 3. The lowest BCUT2D eigenvalue weighted by molar-refractivity contribution is 0.275. The van der Waals surface area contributed by atoms with Crippen molar-refractivity contribution in [3.05, 3.63) is 29.6 Å². The fourth-order valence-corrected chi connectivity index (χ4v) is 2.63. The van der Waals surface area contributed by atoms with Crippen LogP contribution >= 0.6 is 0 Å². The van der Waals surface area contributed by atoms with E-state index in [-0.39, 0.29) is 5.82 Å².